The summed E-state index contributed by atoms with van der Waals surface area (Å²) in [6, 6.07) is 5.08. The number of hydrogen-bond donors (Lipinski definition) is 5. The number of nitrogens with one attached hydrogen (secondary N) is 4. The van der Waals surface area contributed by atoms with Crippen LogP contribution in [0.3, 0.4) is 0 Å². The fourth-order valence-corrected chi connectivity index (χ4v) is 4.08. The quantitative estimate of drug-likeness (QED) is 0.346. The van der Waals surface area contributed by atoms with Crippen LogP contribution in [0.4, 0.5) is 11.8 Å². The molecule has 38 heavy (non-hydrogen) atoms. The molecule has 3 aromatic heterocycles. The van der Waals surface area contributed by atoms with E-state index in [0.29, 0.717) is 49.2 Å². The summed E-state index contributed by atoms with van der Waals surface area (Å²) >= 11 is 0. The molecule has 12 heteroatoms. The van der Waals surface area contributed by atoms with E-state index in [1.165, 1.54) is 0 Å². The molecule has 0 aliphatic carbocycles. The average Bonchev–Trinajstić information content (AvgIpc) is 3.48. The van der Waals surface area contributed by atoms with Gasteiger partial charge in [0.15, 0.2) is 5.82 Å². The van der Waals surface area contributed by atoms with Crippen LogP contribution in [-0.2, 0) is 11.3 Å². The van der Waals surface area contributed by atoms with Crippen molar-refractivity contribution in [2.45, 2.75) is 57.5 Å². The van der Waals surface area contributed by atoms with Gasteiger partial charge in [0.05, 0.1) is 6.04 Å². The predicted octanol–water partition coefficient (Wildman–Crippen LogP) is 2.00. The molecule has 0 radical (unpaired) electrons. The Hall–Kier alpha value is -4.06. The Balaban J connectivity index is 1.38. The lowest BCUT2D eigenvalue weighted by atomic mass is 10.1. The van der Waals surface area contributed by atoms with Gasteiger partial charge in [0.2, 0.25) is 11.9 Å². The standard InChI is InChI=1S/C26H36N10O2/c27-21-8-3-6-11-28-23-20(18-33-26(35-23)30-13-5-2-1-4-12-29-25(21)38)24(37)32-17-19-9-10-22(31-16-19)36-15-7-14-34-36/h7,9-10,14-16,18,21H,1-6,8,11-13,17,27H2,(H,29,38)(H,32,37)(H2,28,30,33,35). The lowest BCUT2D eigenvalue weighted by molar-refractivity contribution is -0.122. The van der Waals surface area contributed by atoms with Gasteiger partial charge >= 0.3 is 0 Å². The first-order valence-electron chi connectivity index (χ1n) is 13.2. The first-order valence-corrected chi connectivity index (χ1v) is 13.2. The van der Waals surface area contributed by atoms with Gasteiger partial charge in [-0.1, -0.05) is 18.9 Å². The zero-order valence-electron chi connectivity index (χ0n) is 21.5. The number of hydrogen-bond acceptors (Lipinski definition) is 9. The number of fused-ring (bicyclic) bond motifs is 2. The smallest absolute Gasteiger partial charge is 0.256 e. The van der Waals surface area contributed by atoms with E-state index in [4.69, 9.17) is 5.73 Å². The topological polar surface area (TPSA) is 165 Å². The minimum absolute atomic E-state index is 0.0913. The van der Waals surface area contributed by atoms with Gasteiger partial charge in [-0.3, -0.25) is 9.59 Å². The van der Waals surface area contributed by atoms with E-state index >= 15 is 0 Å². The summed E-state index contributed by atoms with van der Waals surface area (Å²) in [6.45, 7) is 2.28. The molecule has 2 bridgehead atoms. The van der Waals surface area contributed by atoms with Gasteiger partial charge in [0.25, 0.3) is 5.91 Å². The molecule has 0 spiro atoms. The van der Waals surface area contributed by atoms with Crippen LogP contribution in [0.1, 0.15) is 60.9 Å². The van der Waals surface area contributed by atoms with Crippen LogP contribution in [0.2, 0.25) is 0 Å². The van der Waals surface area contributed by atoms with Crippen LogP contribution in [0.5, 0.6) is 0 Å². The van der Waals surface area contributed by atoms with E-state index < -0.39 is 6.04 Å². The Bertz CT molecular complexity index is 1170. The number of rotatable bonds is 4. The molecule has 1 aliphatic heterocycles. The molecule has 4 rings (SSSR count). The highest BCUT2D eigenvalue weighted by atomic mass is 16.2. The van der Waals surface area contributed by atoms with E-state index in [0.717, 1.165) is 50.6 Å². The first-order chi connectivity index (χ1) is 18.6. The van der Waals surface area contributed by atoms with Gasteiger partial charge in [0, 0.05) is 51.0 Å². The van der Waals surface area contributed by atoms with E-state index in [2.05, 4.69) is 41.3 Å². The van der Waals surface area contributed by atoms with Crippen molar-refractivity contribution in [3.63, 3.8) is 0 Å². The minimum Gasteiger partial charge on any atom is -0.369 e. The van der Waals surface area contributed by atoms with Crippen LogP contribution in [0, 0.1) is 0 Å². The molecule has 0 fully saturated rings. The van der Waals surface area contributed by atoms with Crippen molar-refractivity contribution >= 4 is 23.6 Å². The Labute approximate surface area is 222 Å². The molecule has 3 aromatic rings. The molecule has 1 atom stereocenters. The van der Waals surface area contributed by atoms with Crippen LogP contribution in [0.25, 0.3) is 5.82 Å². The van der Waals surface area contributed by atoms with E-state index in [1.807, 2.05) is 24.4 Å². The summed E-state index contributed by atoms with van der Waals surface area (Å²) in [6.07, 6.45) is 12.9. The predicted molar refractivity (Wildman–Crippen MR) is 145 cm³/mol. The zero-order chi connectivity index (χ0) is 26.6. The molecule has 6 N–H and O–H groups in total. The second kappa shape index (κ2) is 14.0. The fraction of sp³-hybridized carbons (Fsp3) is 0.462. The maximum atomic E-state index is 13.0. The van der Waals surface area contributed by atoms with Crippen LogP contribution < -0.4 is 27.0 Å². The van der Waals surface area contributed by atoms with Crippen molar-refractivity contribution in [3.05, 3.63) is 54.1 Å². The van der Waals surface area contributed by atoms with E-state index in [1.54, 1.807) is 23.3 Å². The maximum Gasteiger partial charge on any atom is 0.256 e. The summed E-state index contributed by atoms with van der Waals surface area (Å²) in [5, 5.41) is 16.5. The number of amides is 2. The molecule has 1 aliphatic rings. The fourth-order valence-electron chi connectivity index (χ4n) is 4.08. The van der Waals surface area contributed by atoms with Gasteiger partial charge in [0.1, 0.15) is 11.4 Å². The lowest BCUT2D eigenvalue weighted by Crippen LogP contribution is -2.40. The van der Waals surface area contributed by atoms with Crippen LogP contribution in [-0.4, -0.2) is 62.2 Å². The first kappa shape index (κ1) is 27.0. The van der Waals surface area contributed by atoms with E-state index in [9.17, 15) is 9.59 Å². The SMILES string of the molecule is NC1CCCCNc2nc(ncc2C(=O)NCc2ccc(-n3cccn3)nc2)NCCCCCCNC1=O. The maximum absolute atomic E-state index is 13.0. The third kappa shape index (κ3) is 7.97. The molecule has 2 amide bonds. The number of nitrogens with two attached hydrogens (primary N) is 1. The number of pyridine rings is 1. The number of carbonyl (C=O) groups is 2. The monoisotopic (exact) mass is 520 g/mol. The second-order valence-electron chi connectivity index (χ2n) is 9.27. The second-order valence-corrected chi connectivity index (χ2v) is 9.27. The highest BCUT2D eigenvalue weighted by Gasteiger charge is 2.16. The molecule has 12 nitrogen and oxygen atoms in total. The summed E-state index contributed by atoms with van der Waals surface area (Å²) in [5.41, 5.74) is 7.26. The van der Waals surface area contributed by atoms with Crippen molar-refractivity contribution < 1.29 is 9.59 Å². The van der Waals surface area contributed by atoms with Gasteiger partial charge in [-0.2, -0.15) is 10.1 Å². The third-order valence-electron chi connectivity index (χ3n) is 6.29. The van der Waals surface area contributed by atoms with Crippen LogP contribution >= 0.6 is 0 Å². The normalized spacial score (nSPS) is 17.7. The van der Waals surface area contributed by atoms with Crippen molar-refractivity contribution in [1.29, 1.82) is 0 Å². The number of anilines is 2. The number of aromatic nitrogens is 5. The Morgan fingerprint density at radius 2 is 1.79 bits per heavy atom. The minimum atomic E-state index is -0.506. The van der Waals surface area contributed by atoms with Crippen LogP contribution in [0.15, 0.2) is 43.0 Å². The third-order valence-corrected chi connectivity index (χ3v) is 6.29. The summed E-state index contributed by atoms with van der Waals surface area (Å²) in [4.78, 5) is 38.5. The zero-order valence-corrected chi connectivity index (χ0v) is 21.5. The number of nitrogens with zero attached hydrogens (tertiary/aromatic N) is 5. The molecule has 4 heterocycles. The van der Waals surface area contributed by atoms with Gasteiger partial charge in [-0.15, -0.1) is 0 Å². The highest BCUT2D eigenvalue weighted by Crippen LogP contribution is 2.16. The van der Waals surface area contributed by atoms with Crippen molar-refractivity contribution in [3.8, 4) is 5.82 Å². The summed E-state index contributed by atoms with van der Waals surface area (Å²) < 4.78 is 1.67. The van der Waals surface area contributed by atoms with Crippen molar-refractivity contribution in [2.75, 3.05) is 30.3 Å². The van der Waals surface area contributed by atoms with Crippen molar-refractivity contribution in [2.24, 2.45) is 5.73 Å². The molecular formula is C26H36N10O2. The Morgan fingerprint density at radius 3 is 2.55 bits per heavy atom. The van der Waals surface area contributed by atoms with Crippen molar-refractivity contribution in [1.82, 2.24) is 35.4 Å². The Kier molecular flexibility index (Phi) is 9.96. The van der Waals surface area contributed by atoms with Gasteiger partial charge < -0.3 is 27.0 Å². The molecule has 202 valence electrons. The summed E-state index contributed by atoms with van der Waals surface area (Å²) in [7, 11) is 0. The van der Waals surface area contributed by atoms with Gasteiger partial charge in [-0.05, 0) is 49.8 Å². The molecule has 0 aromatic carbocycles. The average molecular weight is 521 g/mol. The molecule has 0 saturated heterocycles. The summed E-state index contributed by atoms with van der Waals surface area (Å²) in [5.74, 6) is 1.28. The highest BCUT2D eigenvalue weighted by molar-refractivity contribution is 5.98. The number of carbonyl (C=O) groups excluding carboxylic acids is 2. The largest absolute Gasteiger partial charge is 0.369 e. The molecular weight excluding hydrogens is 484 g/mol. The lowest BCUT2D eigenvalue weighted by Gasteiger charge is -2.15. The van der Waals surface area contributed by atoms with E-state index in [-0.39, 0.29) is 11.8 Å². The molecule has 1 unspecified atom stereocenters. The molecule has 0 saturated carbocycles. The van der Waals surface area contributed by atoms with Gasteiger partial charge in [-0.25, -0.2) is 14.6 Å². The Morgan fingerprint density at radius 1 is 1.00 bits per heavy atom.